The first-order valence-corrected chi connectivity index (χ1v) is 12.2. The summed E-state index contributed by atoms with van der Waals surface area (Å²) in [5.41, 5.74) is 16.0. The molecule has 2 aromatic rings. The van der Waals surface area contributed by atoms with Crippen molar-refractivity contribution in [1.82, 2.24) is 21.1 Å². The molecule has 6 N–H and O–H groups in total. The second-order valence-electron chi connectivity index (χ2n) is 8.76. The molecular weight excluding hydrogens is 454 g/mol. The van der Waals surface area contributed by atoms with Gasteiger partial charge in [0.25, 0.3) is 0 Å². The molecular formula is C27H37N7O2. The molecule has 2 atom stereocenters. The van der Waals surface area contributed by atoms with Crippen molar-refractivity contribution in [3.05, 3.63) is 70.9 Å². The Morgan fingerprint density at radius 3 is 2.92 bits per heavy atom. The Morgan fingerprint density at radius 2 is 2.19 bits per heavy atom. The van der Waals surface area contributed by atoms with Crippen LogP contribution < -0.4 is 21.9 Å². The van der Waals surface area contributed by atoms with Crippen molar-refractivity contribution in [1.29, 1.82) is 0 Å². The van der Waals surface area contributed by atoms with Crippen LogP contribution in [0.3, 0.4) is 0 Å². The summed E-state index contributed by atoms with van der Waals surface area (Å²) in [6.07, 6.45) is 5.66. The van der Waals surface area contributed by atoms with E-state index in [-0.39, 0.29) is 17.8 Å². The van der Waals surface area contributed by atoms with Crippen LogP contribution >= 0.6 is 0 Å². The Bertz CT molecular complexity index is 1070. The minimum atomic E-state index is -0.137. The van der Waals surface area contributed by atoms with Crippen LogP contribution in [0.2, 0.25) is 0 Å². The number of phenols is 1. The number of hydrogen-bond acceptors (Lipinski definition) is 9. The quantitative estimate of drug-likeness (QED) is 0.165. The highest BCUT2D eigenvalue weighted by atomic mass is 16.3. The van der Waals surface area contributed by atoms with Crippen LogP contribution in [0.25, 0.3) is 5.57 Å². The van der Waals surface area contributed by atoms with Gasteiger partial charge in [-0.05, 0) is 43.8 Å². The molecule has 1 fully saturated rings. The number of aromatic hydroxyl groups is 1. The number of hydrazine groups is 1. The molecule has 0 bridgehead atoms. The molecule has 1 heterocycles. The lowest BCUT2D eigenvalue weighted by atomic mass is 9.94. The van der Waals surface area contributed by atoms with Gasteiger partial charge in [0, 0.05) is 61.3 Å². The predicted molar refractivity (Wildman–Crippen MR) is 146 cm³/mol. The van der Waals surface area contributed by atoms with Gasteiger partial charge in [-0.25, -0.2) is 0 Å². The van der Waals surface area contributed by atoms with Crippen LogP contribution in [-0.4, -0.2) is 75.2 Å². The number of aryl methyl sites for hydroxylation is 1. The van der Waals surface area contributed by atoms with Crippen LogP contribution in [0, 0.1) is 0 Å². The number of carbonyl (C=O) groups is 1. The van der Waals surface area contributed by atoms with E-state index < -0.39 is 0 Å². The fourth-order valence-electron chi connectivity index (χ4n) is 4.39. The van der Waals surface area contributed by atoms with E-state index in [1.165, 1.54) is 0 Å². The number of nitrogens with zero attached hydrogens (tertiary/aromatic N) is 3. The molecule has 0 aliphatic carbocycles. The predicted octanol–water partition coefficient (Wildman–Crippen LogP) is 1.90. The van der Waals surface area contributed by atoms with E-state index in [9.17, 15) is 9.90 Å². The van der Waals surface area contributed by atoms with Gasteiger partial charge >= 0.3 is 0 Å². The maximum absolute atomic E-state index is 11.8. The number of rotatable bonds is 13. The second-order valence-corrected chi connectivity index (χ2v) is 8.76. The first kappa shape index (κ1) is 27.4. The largest absolute Gasteiger partial charge is 0.508 e. The summed E-state index contributed by atoms with van der Waals surface area (Å²) in [7, 11) is 1.79. The molecule has 9 heteroatoms. The molecule has 1 saturated heterocycles. The minimum Gasteiger partial charge on any atom is -0.508 e. The number of phenolic OH excluding ortho intramolecular Hbond substituents is 1. The van der Waals surface area contributed by atoms with E-state index in [0.717, 1.165) is 48.2 Å². The number of aldehydes is 1. The third kappa shape index (κ3) is 7.64. The van der Waals surface area contributed by atoms with Crippen molar-refractivity contribution in [3.8, 4) is 5.75 Å². The minimum absolute atomic E-state index is 0.137. The monoisotopic (exact) mass is 491 g/mol. The maximum Gasteiger partial charge on any atom is 0.150 e. The number of nitrogens with one attached hydrogen (secondary N) is 3. The number of piperazine rings is 1. The fourth-order valence-corrected chi connectivity index (χ4v) is 4.39. The van der Waals surface area contributed by atoms with Crippen LogP contribution in [-0.2, 0) is 6.42 Å². The van der Waals surface area contributed by atoms with Gasteiger partial charge in [-0.3, -0.25) is 30.5 Å². The van der Waals surface area contributed by atoms with E-state index in [1.54, 1.807) is 31.6 Å². The number of para-hydroxylation sites is 1. The molecule has 9 nitrogen and oxygen atoms in total. The lowest BCUT2D eigenvalue weighted by Crippen LogP contribution is -2.53. The third-order valence-corrected chi connectivity index (χ3v) is 6.30. The summed E-state index contributed by atoms with van der Waals surface area (Å²) in [6, 6.07) is 13.1. The molecule has 1 aliphatic heterocycles. The summed E-state index contributed by atoms with van der Waals surface area (Å²) in [6.45, 7) is 7.47. The smallest absolute Gasteiger partial charge is 0.150 e. The lowest BCUT2D eigenvalue weighted by molar-refractivity contribution is 0.112. The van der Waals surface area contributed by atoms with Crippen molar-refractivity contribution in [2.75, 3.05) is 39.9 Å². The number of allylic oxidation sites excluding steroid dienone is 1. The highest BCUT2D eigenvalue weighted by Gasteiger charge is 2.18. The molecule has 0 amide bonds. The average Bonchev–Trinajstić information content (AvgIpc) is 2.91. The molecule has 2 unspecified atom stereocenters. The van der Waals surface area contributed by atoms with Crippen molar-refractivity contribution in [2.45, 2.75) is 24.9 Å². The molecule has 1 aliphatic rings. The number of nitrogens with two attached hydrogens (primary N) is 1. The zero-order valence-corrected chi connectivity index (χ0v) is 20.9. The first-order valence-electron chi connectivity index (χ1n) is 12.2. The summed E-state index contributed by atoms with van der Waals surface area (Å²) in [4.78, 5) is 22.6. The number of carbonyl (C=O) groups excluding carboxylic acids is 1. The third-order valence-electron chi connectivity index (χ3n) is 6.30. The zero-order valence-electron chi connectivity index (χ0n) is 20.9. The second kappa shape index (κ2) is 14.4. The first-order chi connectivity index (χ1) is 17.6. The van der Waals surface area contributed by atoms with Gasteiger partial charge in [0.05, 0.1) is 12.7 Å². The Balaban J connectivity index is 1.76. The van der Waals surface area contributed by atoms with E-state index in [4.69, 9.17) is 5.73 Å². The highest BCUT2D eigenvalue weighted by Crippen LogP contribution is 2.28. The number of aliphatic imine (C=N–C) groups is 2. The van der Waals surface area contributed by atoms with Crippen molar-refractivity contribution in [2.24, 2.45) is 15.7 Å². The van der Waals surface area contributed by atoms with E-state index in [1.807, 2.05) is 30.3 Å². The van der Waals surface area contributed by atoms with Gasteiger partial charge in [0.2, 0.25) is 0 Å². The van der Waals surface area contributed by atoms with Gasteiger partial charge in [0.15, 0.2) is 0 Å². The standard InChI is InChI=1S/C27H37N7O2/c1-29-15-23(16-31-19-34-12-11-32-24(14-28)17-34)21-7-8-22(18-35)20(13-21)9-10-26(33-30-2)25-5-3-4-6-27(25)36/h3-8,13,15-16,18,24,26,30,32-33,36H,1,9-12,14,17,19,28H2,2H3/b23-15+,31-16-. The topological polar surface area (TPSA) is 127 Å². The molecule has 36 heavy (non-hydrogen) atoms. The summed E-state index contributed by atoms with van der Waals surface area (Å²) >= 11 is 0. The Morgan fingerprint density at radius 1 is 1.36 bits per heavy atom. The van der Waals surface area contributed by atoms with Crippen molar-refractivity contribution >= 4 is 24.8 Å². The van der Waals surface area contributed by atoms with Crippen LogP contribution in [0.4, 0.5) is 0 Å². The maximum atomic E-state index is 11.8. The highest BCUT2D eigenvalue weighted by molar-refractivity contribution is 6.10. The fraction of sp³-hybridized carbons (Fsp3) is 0.370. The van der Waals surface area contributed by atoms with Gasteiger partial charge in [-0.2, -0.15) is 0 Å². The van der Waals surface area contributed by atoms with Gasteiger partial charge < -0.3 is 16.2 Å². The van der Waals surface area contributed by atoms with Crippen LogP contribution in [0.15, 0.2) is 58.6 Å². The van der Waals surface area contributed by atoms with Gasteiger partial charge in [-0.15, -0.1) is 0 Å². The van der Waals surface area contributed by atoms with Crippen molar-refractivity contribution in [3.63, 3.8) is 0 Å². The molecule has 192 valence electrons. The molecule has 0 aromatic heterocycles. The number of hydrogen-bond donors (Lipinski definition) is 5. The average molecular weight is 492 g/mol. The Kier molecular flexibility index (Phi) is 10.9. The normalized spacial score (nSPS) is 17.8. The van der Waals surface area contributed by atoms with Gasteiger partial charge in [0.1, 0.15) is 12.0 Å². The molecule has 0 saturated carbocycles. The van der Waals surface area contributed by atoms with Gasteiger partial charge in [-0.1, -0.05) is 36.4 Å². The SMILES string of the molecule is C=N/C=C(\C=N/CN1CCNC(CN)C1)c1ccc(C=O)c(CCC(NNC)c2ccccc2O)c1. The summed E-state index contributed by atoms with van der Waals surface area (Å²) in [5.74, 6) is 0.232. The van der Waals surface area contributed by atoms with Crippen LogP contribution in [0.1, 0.15) is 39.5 Å². The Labute approximate surface area is 213 Å². The molecule has 3 rings (SSSR count). The Hall–Kier alpha value is -3.21. The lowest BCUT2D eigenvalue weighted by Gasteiger charge is -2.31. The van der Waals surface area contributed by atoms with E-state index in [2.05, 4.69) is 37.8 Å². The summed E-state index contributed by atoms with van der Waals surface area (Å²) < 4.78 is 0. The van der Waals surface area contributed by atoms with Crippen LogP contribution in [0.5, 0.6) is 5.75 Å². The van der Waals surface area contributed by atoms with E-state index >= 15 is 0 Å². The molecule has 0 spiro atoms. The van der Waals surface area contributed by atoms with Crippen molar-refractivity contribution < 1.29 is 9.90 Å². The molecule has 2 aromatic carbocycles. The summed E-state index contributed by atoms with van der Waals surface area (Å²) in [5, 5.41) is 13.7. The zero-order chi connectivity index (χ0) is 25.8. The number of benzene rings is 2. The molecule has 0 radical (unpaired) electrons. The van der Waals surface area contributed by atoms with E-state index in [0.29, 0.717) is 31.6 Å².